The van der Waals surface area contributed by atoms with Crippen molar-refractivity contribution in [3.8, 4) is 0 Å². The summed E-state index contributed by atoms with van der Waals surface area (Å²) in [5.74, 6) is 1.89. The highest BCUT2D eigenvalue weighted by molar-refractivity contribution is 5.92. The molecule has 8 nitrogen and oxygen atoms in total. The minimum atomic E-state index is -0.169. The highest BCUT2D eigenvalue weighted by Gasteiger charge is 2.33. The van der Waals surface area contributed by atoms with E-state index in [4.69, 9.17) is 9.26 Å². The number of nitrogens with zero attached hydrogens (tertiary/aromatic N) is 5. The van der Waals surface area contributed by atoms with Gasteiger partial charge in [0.05, 0.1) is 6.61 Å². The average molecular weight is 402 g/mol. The lowest BCUT2D eigenvalue weighted by Crippen LogP contribution is -2.39. The summed E-state index contributed by atoms with van der Waals surface area (Å²) in [4.78, 5) is 19.6. The summed E-state index contributed by atoms with van der Waals surface area (Å²) in [5, 5.41) is 8.36. The van der Waals surface area contributed by atoms with Crippen molar-refractivity contribution in [1.29, 1.82) is 0 Å². The van der Waals surface area contributed by atoms with Crippen LogP contribution in [-0.2, 0) is 17.7 Å². The largest absolute Gasteiger partial charge is 0.381 e. The highest BCUT2D eigenvalue weighted by Crippen LogP contribution is 2.31. The second kappa shape index (κ2) is 9.52. The van der Waals surface area contributed by atoms with Crippen molar-refractivity contribution in [2.24, 2.45) is 5.92 Å². The van der Waals surface area contributed by atoms with Crippen LogP contribution in [0.25, 0.3) is 0 Å². The van der Waals surface area contributed by atoms with Gasteiger partial charge in [0.1, 0.15) is 11.7 Å². The molecule has 3 heterocycles. The Bertz CT molecular complexity index is 796. The minimum absolute atomic E-state index is 0.0197. The maximum absolute atomic E-state index is 13.1. The molecule has 1 aliphatic carbocycles. The van der Waals surface area contributed by atoms with Crippen LogP contribution in [0.2, 0.25) is 0 Å². The standard InChI is InChI=1S/C21H31N5O3/c1-2-26-18(10-12-22-26)21(27)25-13-6-5-9-17(25)20-23-19(24-29-20)11-14-28-15-16-7-3-4-8-16/h10,12,16-17H,2-9,11,13-15H2,1H3. The van der Waals surface area contributed by atoms with Gasteiger partial charge in [0.15, 0.2) is 5.82 Å². The second-order valence-corrected chi connectivity index (χ2v) is 8.07. The van der Waals surface area contributed by atoms with Gasteiger partial charge in [-0.15, -0.1) is 0 Å². The van der Waals surface area contributed by atoms with Gasteiger partial charge in [0.25, 0.3) is 5.91 Å². The van der Waals surface area contributed by atoms with Gasteiger partial charge in [-0.25, -0.2) is 0 Å². The fraction of sp³-hybridized carbons (Fsp3) is 0.714. The van der Waals surface area contributed by atoms with Crippen LogP contribution in [0.3, 0.4) is 0 Å². The van der Waals surface area contributed by atoms with E-state index in [1.165, 1.54) is 25.7 Å². The van der Waals surface area contributed by atoms with E-state index in [1.807, 2.05) is 11.8 Å². The molecule has 2 aromatic rings. The lowest BCUT2D eigenvalue weighted by atomic mass is 10.0. The number of hydrogen-bond donors (Lipinski definition) is 0. The lowest BCUT2D eigenvalue weighted by Gasteiger charge is -2.33. The maximum atomic E-state index is 13.1. The zero-order valence-corrected chi connectivity index (χ0v) is 17.3. The molecule has 1 unspecified atom stereocenters. The van der Waals surface area contributed by atoms with Crippen molar-refractivity contribution in [2.75, 3.05) is 19.8 Å². The SMILES string of the molecule is CCn1nccc1C(=O)N1CCCCC1c1nc(CCOCC2CCCC2)no1. The van der Waals surface area contributed by atoms with Gasteiger partial charge >= 0.3 is 0 Å². The third kappa shape index (κ3) is 4.69. The summed E-state index contributed by atoms with van der Waals surface area (Å²) in [5.41, 5.74) is 0.611. The molecular formula is C21H31N5O3. The van der Waals surface area contributed by atoms with Gasteiger partial charge in [0, 0.05) is 32.3 Å². The van der Waals surface area contributed by atoms with Crippen molar-refractivity contribution in [1.82, 2.24) is 24.8 Å². The summed E-state index contributed by atoms with van der Waals surface area (Å²) < 4.78 is 13.1. The topological polar surface area (TPSA) is 86.3 Å². The van der Waals surface area contributed by atoms with E-state index in [0.717, 1.165) is 25.9 Å². The third-order valence-electron chi connectivity index (χ3n) is 6.07. The monoisotopic (exact) mass is 401 g/mol. The zero-order valence-electron chi connectivity index (χ0n) is 17.3. The number of ether oxygens (including phenoxy) is 1. The van der Waals surface area contributed by atoms with Gasteiger partial charge < -0.3 is 14.2 Å². The fourth-order valence-electron chi connectivity index (χ4n) is 4.44. The van der Waals surface area contributed by atoms with Crippen molar-refractivity contribution >= 4 is 5.91 Å². The molecule has 1 saturated heterocycles. The molecule has 1 aliphatic heterocycles. The molecule has 0 spiro atoms. The lowest BCUT2D eigenvalue weighted by molar-refractivity contribution is 0.0549. The Morgan fingerprint density at radius 2 is 2.07 bits per heavy atom. The summed E-state index contributed by atoms with van der Waals surface area (Å²) in [6.07, 6.45) is 10.4. The van der Waals surface area contributed by atoms with Gasteiger partial charge in [0.2, 0.25) is 5.89 Å². The Hall–Kier alpha value is -2.22. The van der Waals surface area contributed by atoms with Gasteiger partial charge in [-0.2, -0.15) is 10.1 Å². The Labute approximate surface area is 171 Å². The van der Waals surface area contributed by atoms with Gasteiger partial charge in [-0.1, -0.05) is 18.0 Å². The predicted octanol–water partition coefficient (Wildman–Crippen LogP) is 3.40. The summed E-state index contributed by atoms with van der Waals surface area (Å²) in [6, 6.07) is 1.61. The number of aromatic nitrogens is 4. The van der Waals surface area contributed by atoms with E-state index in [1.54, 1.807) is 16.9 Å². The zero-order chi connectivity index (χ0) is 20.1. The number of rotatable bonds is 8. The van der Waals surface area contributed by atoms with E-state index in [-0.39, 0.29) is 11.9 Å². The molecule has 158 valence electrons. The molecule has 2 aliphatic rings. The second-order valence-electron chi connectivity index (χ2n) is 8.07. The summed E-state index contributed by atoms with van der Waals surface area (Å²) in [7, 11) is 0. The number of amides is 1. The van der Waals surface area contributed by atoms with Crippen LogP contribution in [0.5, 0.6) is 0 Å². The van der Waals surface area contributed by atoms with Crippen molar-refractivity contribution in [2.45, 2.75) is 70.9 Å². The van der Waals surface area contributed by atoms with Crippen molar-refractivity contribution in [3.63, 3.8) is 0 Å². The molecule has 4 rings (SSSR count). The molecule has 0 N–H and O–H groups in total. The molecule has 2 fully saturated rings. The van der Waals surface area contributed by atoms with Crippen LogP contribution in [0, 0.1) is 5.92 Å². The predicted molar refractivity (Wildman–Crippen MR) is 106 cm³/mol. The Balaban J connectivity index is 1.36. The first-order valence-corrected chi connectivity index (χ1v) is 11.0. The third-order valence-corrected chi connectivity index (χ3v) is 6.07. The first-order valence-electron chi connectivity index (χ1n) is 11.0. The van der Waals surface area contributed by atoms with E-state index in [2.05, 4.69) is 15.2 Å². The Kier molecular flexibility index (Phi) is 6.59. The molecule has 0 aromatic carbocycles. The number of aryl methyl sites for hydroxylation is 1. The molecule has 29 heavy (non-hydrogen) atoms. The quantitative estimate of drug-likeness (QED) is 0.630. The maximum Gasteiger partial charge on any atom is 0.272 e. The van der Waals surface area contributed by atoms with Gasteiger partial charge in [-0.3, -0.25) is 9.48 Å². The molecule has 2 aromatic heterocycles. The number of carbonyl (C=O) groups is 1. The Morgan fingerprint density at radius 1 is 1.24 bits per heavy atom. The van der Waals surface area contributed by atoms with Crippen LogP contribution < -0.4 is 0 Å². The Morgan fingerprint density at radius 3 is 2.90 bits per heavy atom. The number of carbonyl (C=O) groups excluding carboxylic acids is 1. The smallest absolute Gasteiger partial charge is 0.272 e. The molecular weight excluding hydrogens is 370 g/mol. The first-order chi connectivity index (χ1) is 14.3. The normalized spacial score (nSPS) is 20.4. The fourth-order valence-corrected chi connectivity index (χ4v) is 4.44. The molecule has 1 amide bonds. The van der Waals surface area contributed by atoms with Crippen LogP contribution in [0.15, 0.2) is 16.8 Å². The van der Waals surface area contributed by atoms with Crippen molar-refractivity contribution < 1.29 is 14.1 Å². The van der Waals surface area contributed by atoms with Crippen LogP contribution >= 0.6 is 0 Å². The molecule has 8 heteroatoms. The van der Waals surface area contributed by atoms with Gasteiger partial charge in [-0.05, 0) is 51.0 Å². The molecule has 0 bridgehead atoms. The average Bonchev–Trinajstić information content (AvgIpc) is 3.52. The van der Waals surface area contributed by atoms with E-state index >= 15 is 0 Å². The molecule has 0 radical (unpaired) electrons. The molecule has 1 saturated carbocycles. The minimum Gasteiger partial charge on any atom is -0.381 e. The highest BCUT2D eigenvalue weighted by atomic mass is 16.5. The number of hydrogen-bond acceptors (Lipinski definition) is 6. The number of piperidine rings is 1. The first kappa shape index (κ1) is 20.1. The number of likely N-dealkylation sites (tertiary alicyclic amines) is 1. The summed E-state index contributed by atoms with van der Waals surface area (Å²) >= 11 is 0. The van der Waals surface area contributed by atoms with Crippen LogP contribution in [-0.4, -0.2) is 50.5 Å². The van der Waals surface area contributed by atoms with E-state index in [9.17, 15) is 4.79 Å². The molecule has 1 atom stereocenters. The van der Waals surface area contributed by atoms with E-state index in [0.29, 0.717) is 49.4 Å². The van der Waals surface area contributed by atoms with Crippen LogP contribution in [0.1, 0.15) is 80.1 Å². The van der Waals surface area contributed by atoms with Crippen molar-refractivity contribution in [3.05, 3.63) is 29.7 Å². The summed E-state index contributed by atoms with van der Waals surface area (Å²) in [6.45, 7) is 4.79. The van der Waals surface area contributed by atoms with E-state index < -0.39 is 0 Å². The van der Waals surface area contributed by atoms with Crippen LogP contribution in [0.4, 0.5) is 0 Å².